The van der Waals surface area contributed by atoms with Crippen LogP contribution in [0.5, 0.6) is 0 Å². The third-order valence-corrected chi connectivity index (χ3v) is 5.48. The lowest BCUT2D eigenvalue weighted by molar-refractivity contribution is 0.0952. The zero-order valence-corrected chi connectivity index (χ0v) is 16.6. The maximum absolute atomic E-state index is 12.5. The summed E-state index contributed by atoms with van der Waals surface area (Å²) in [6.07, 6.45) is 1.43. The molecular formula is C20H27N3O3S. The predicted octanol–water partition coefficient (Wildman–Crippen LogP) is 1.89. The molecule has 0 saturated heterocycles. The monoisotopic (exact) mass is 389 g/mol. The average Bonchev–Trinajstić information content (AvgIpc) is 2.66. The van der Waals surface area contributed by atoms with Crippen LogP contribution in [-0.4, -0.2) is 53.0 Å². The number of benzene rings is 2. The normalized spacial score (nSPS) is 11.5. The summed E-state index contributed by atoms with van der Waals surface area (Å²) in [5, 5.41) is 2.82. The highest BCUT2D eigenvalue weighted by molar-refractivity contribution is 7.89. The fourth-order valence-corrected chi connectivity index (χ4v) is 3.64. The highest BCUT2D eigenvalue weighted by Gasteiger charge is 2.15. The Kier molecular flexibility index (Phi) is 7.97. The van der Waals surface area contributed by atoms with Crippen LogP contribution >= 0.6 is 0 Å². The summed E-state index contributed by atoms with van der Waals surface area (Å²) in [6, 6.07) is 15.8. The second kappa shape index (κ2) is 10.2. The minimum atomic E-state index is -3.66. The van der Waals surface area contributed by atoms with Gasteiger partial charge in [-0.25, -0.2) is 13.1 Å². The van der Waals surface area contributed by atoms with Crippen molar-refractivity contribution in [3.63, 3.8) is 0 Å². The molecular weight excluding hydrogens is 362 g/mol. The van der Waals surface area contributed by atoms with Gasteiger partial charge in [0.2, 0.25) is 10.0 Å². The number of sulfonamides is 1. The van der Waals surface area contributed by atoms with Gasteiger partial charge in [0.15, 0.2) is 0 Å². The third kappa shape index (κ3) is 7.13. The van der Waals surface area contributed by atoms with Gasteiger partial charge in [0.1, 0.15) is 0 Å². The number of nitrogens with zero attached hydrogens (tertiary/aromatic N) is 1. The van der Waals surface area contributed by atoms with E-state index in [0.29, 0.717) is 25.1 Å². The second-order valence-corrected chi connectivity index (χ2v) is 8.34. The first-order valence-corrected chi connectivity index (χ1v) is 10.4. The zero-order valence-electron chi connectivity index (χ0n) is 15.8. The van der Waals surface area contributed by atoms with Gasteiger partial charge in [-0.05, 0) is 57.2 Å². The lowest BCUT2D eigenvalue weighted by Crippen LogP contribution is -2.28. The smallest absolute Gasteiger partial charge is 0.251 e. The van der Waals surface area contributed by atoms with Gasteiger partial charge >= 0.3 is 0 Å². The van der Waals surface area contributed by atoms with E-state index in [0.717, 1.165) is 18.5 Å². The molecule has 2 N–H and O–H groups in total. The summed E-state index contributed by atoms with van der Waals surface area (Å²) in [5.41, 5.74) is 1.40. The van der Waals surface area contributed by atoms with Crippen LogP contribution in [0.1, 0.15) is 22.3 Å². The Balaban J connectivity index is 1.93. The Labute approximate surface area is 161 Å². The van der Waals surface area contributed by atoms with Crippen LogP contribution in [0.2, 0.25) is 0 Å². The van der Waals surface area contributed by atoms with Gasteiger partial charge in [0.05, 0.1) is 4.90 Å². The molecule has 2 aromatic rings. The number of hydrogen-bond donors (Lipinski definition) is 2. The first kappa shape index (κ1) is 21.1. The molecule has 0 aromatic heterocycles. The van der Waals surface area contributed by atoms with Crippen LogP contribution in [0.25, 0.3) is 0 Å². The first-order chi connectivity index (χ1) is 12.9. The lowest BCUT2D eigenvalue weighted by Gasteiger charge is -2.11. The van der Waals surface area contributed by atoms with Gasteiger partial charge in [-0.3, -0.25) is 4.79 Å². The van der Waals surface area contributed by atoms with Gasteiger partial charge in [-0.2, -0.15) is 0 Å². The van der Waals surface area contributed by atoms with Crippen molar-refractivity contribution in [2.75, 3.05) is 33.7 Å². The molecule has 0 aliphatic carbocycles. The minimum Gasteiger partial charge on any atom is -0.352 e. The highest BCUT2D eigenvalue weighted by Crippen LogP contribution is 2.12. The van der Waals surface area contributed by atoms with Crippen LogP contribution in [0.4, 0.5) is 0 Å². The van der Waals surface area contributed by atoms with Gasteiger partial charge in [-0.1, -0.05) is 36.4 Å². The summed E-state index contributed by atoms with van der Waals surface area (Å²) >= 11 is 0. The number of amides is 1. The molecule has 1 amide bonds. The molecule has 146 valence electrons. The fourth-order valence-electron chi connectivity index (χ4n) is 2.56. The maximum Gasteiger partial charge on any atom is 0.251 e. The molecule has 7 heteroatoms. The number of carbonyl (C=O) groups excluding carboxylic acids is 1. The molecule has 0 atom stereocenters. The lowest BCUT2D eigenvalue weighted by atomic mass is 10.2. The van der Waals surface area contributed by atoms with Crippen molar-refractivity contribution < 1.29 is 13.2 Å². The number of rotatable bonds is 10. The highest BCUT2D eigenvalue weighted by atomic mass is 32.2. The van der Waals surface area contributed by atoms with Gasteiger partial charge in [0, 0.05) is 18.7 Å². The summed E-state index contributed by atoms with van der Waals surface area (Å²) in [5.74, 6) is -0.268. The van der Waals surface area contributed by atoms with Crippen LogP contribution in [0.3, 0.4) is 0 Å². The Bertz CT molecular complexity index is 837. The molecule has 2 aromatic carbocycles. The quantitative estimate of drug-likeness (QED) is 0.608. The molecule has 6 nitrogen and oxygen atoms in total. The van der Waals surface area contributed by atoms with Gasteiger partial charge in [-0.15, -0.1) is 0 Å². The molecule has 0 unspecified atom stereocenters. The Morgan fingerprint density at radius 1 is 1.00 bits per heavy atom. The van der Waals surface area contributed by atoms with E-state index in [1.165, 1.54) is 12.1 Å². The summed E-state index contributed by atoms with van der Waals surface area (Å²) in [4.78, 5) is 14.4. The van der Waals surface area contributed by atoms with Crippen molar-refractivity contribution in [2.24, 2.45) is 0 Å². The largest absolute Gasteiger partial charge is 0.352 e. The van der Waals surface area contributed by atoms with E-state index in [1.807, 2.05) is 49.3 Å². The van der Waals surface area contributed by atoms with Crippen molar-refractivity contribution in [2.45, 2.75) is 17.7 Å². The van der Waals surface area contributed by atoms with Crippen LogP contribution in [0.15, 0.2) is 59.5 Å². The number of carbonyl (C=O) groups is 1. The number of hydrogen-bond acceptors (Lipinski definition) is 4. The zero-order chi connectivity index (χ0) is 19.7. The molecule has 2 rings (SSSR count). The molecule has 27 heavy (non-hydrogen) atoms. The maximum atomic E-state index is 12.5. The van der Waals surface area contributed by atoms with Crippen LogP contribution < -0.4 is 10.0 Å². The molecule has 0 radical (unpaired) electrons. The standard InChI is InChI=1S/C20H27N3O3S/c1-23(2)15-7-13-21-20(24)18-10-6-11-19(16-18)27(25,26)22-14-12-17-8-4-3-5-9-17/h3-6,8-11,16,22H,7,12-15H2,1-2H3,(H,21,24). The second-order valence-electron chi connectivity index (χ2n) is 6.57. The predicted molar refractivity (Wildman–Crippen MR) is 107 cm³/mol. The first-order valence-electron chi connectivity index (χ1n) is 8.95. The summed E-state index contributed by atoms with van der Waals surface area (Å²) in [7, 11) is 0.287. The van der Waals surface area contributed by atoms with Crippen LogP contribution in [-0.2, 0) is 16.4 Å². The van der Waals surface area contributed by atoms with Gasteiger partial charge < -0.3 is 10.2 Å². The fraction of sp³-hybridized carbons (Fsp3) is 0.350. The Hall–Kier alpha value is -2.22. The summed E-state index contributed by atoms with van der Waals surface area (Å²) < 4.78 is 27.6. The van der Waals surface area contributed by atoms with Gasteiger partial charge in [0.25, 0.3) is 5.91 Å². The van der Waals surface area contributed by atoms with E-state index >= 15 is 0 Å². The minimum absolute atomic E-state index is 0.0940. The molecule has 0 aliphatic rings. The molecule has 0 saturated carbocycles. The Morgan fingerprint density at radius 3 is 2.44 bits per heavy atom. The molecule has 0 heterocycles. The van der Waals surface area contributed by atoms with Crippen molar-refractivity contribution in [1.82, 2.24) is 14.9 Å². The third-order valence-electron chi connectivity index (χ3n) is 4.02. The van der Waals surface area contributed by atoms with Crippen molar-refractivity contribution >= 4 is 15.9 Å². The Morgan fingerprint density at radius 2 is 1.74 bits per heavy atom. The van der Waals surface area contributed by atoms with Crippen LogP contribution in [0, 0.1) is 0 Å². The topological polar surface area (TPSA) is 78.5 Å². The van der Waals surface area contributed by atoms with E-state index < -0.39 is 10.0 Å². The molecule has 0 bridgehead atoms. The van der Waals surface area contributed by atoms with Crippen molar-refractivity contribution in [1.29, 1.82) is 0 Å². The SMILES string of the molecule is CN(C)CCCNC(=O)c1cccc(S(=O)(=O)NCCc2ccccc2)c1. The van der Waals surface area contributed by atoms with E-state index in [2.05, 4.69) is 10.0 Å². The van der Waals surface area contributed by atoms with E-state index in [-0.39, 0.29) is 10.8 Å². The van der Waals surface area contributed by atoms with E-state index in [4.69, 9.17) is 0 Å². The summed E-state index contributed by atoms with van der Waals surface area (Å²) in [6.45, 7) is 1.72. The molecule has 0 spiro atoms. The van der Waals surface area contributed by atoms with Crippen molar-refractivity contribution in [3.05, 3.63) is 65.7 Å². The number of nitrogens with one attached hydrogen (secondary N) is 2. The van der Waals surface area contributed by atoms with Crippen molar-refractivity contribution in [3.8, 4) is 0 Å². The van der Waals surface area contributed by atoms with E-state index in [1.54, 1.807) is 12.1 Å². The van der Waals surface area contributed by atoms with E-state index in [9.17, 15) is 13.2 Å². The molecule has 0 fully saturated rings. The molecule has 0 aliphatic heterocycles. The average molecular weight is 390 g/mol.